The van der Waals surface area contributed by atoms with E-state index in [1.807, 2.05) is 0 Å². The summed E-state index contributed by atoms with van der Waals surface area (Å²) in [5.74, 6) is 0.191. The fourth-order valence-corrected chi connectivity index (χ4v) is 3.82. The highest BCUT2D eigenvalue weighted by atomic mass is 35.5. The van der Waals surface area contributed by atoms with E-state index in [2.05, 4.69) is 0 Å². The molecule has 0 heterocycles. The molecule has 0 saturated heterocycles. The van der Waals surface area contributed by atoms with Gasteiger partial charge in [-0.25, -0.2) is 12.8 Å². The number of ether oxygens (including phenoxy) is 1. The molecule has 110 valence electrons. The Morgan fingerprint density at radius 1 is 1.10 bits per heavy atom. The molecule has 0 bridgehead atoms. The van der Waals surface area contributed by atoms with Crippen molar-refractivity contribution in [1.29, 1.82) is 0 Å². The molecule has 1 aliphatic rings. The van der Waals surface area contributed by atoms with Crippen LogP contribution in [0.1, 0.15) is 12.8 Å². The molecule has 0 amide bonds. The van der Waals surface area contributed by atoms with Crippen molar-refractivity contribution in [3.8, 4) is 11.5 Å². The molecule has 0 radical (unpaired) electrons. The van der Waals surface area contributed by atoms with Crippen LogP contribution in [0.2, 0.25) is 5.02 Å². The molecule has 0 N–H and O–H groups in total. The van der Waals surface area contributed by atoms with E-state index in [4.69, 9.17) is 16.3 Å². The molecule has 21 heavy (non-hydrogen) atoms. The van der Waals surface area contributed by atoms with Crippen LogP contribution in [-0.4, -0.2) is 13.7 Å². The first-order valence-electron chi connectivity index (χ1n) is 6.44. The van der Waals surface area contributed by atoms with Gasteiger partial charge in [-0.1, -0.05) is 17.7 Å². The molecule has 2 aromatic rings. The Kier molecular flexibility index (Phi) is 3.63. The average Bonchev–Trinajstić information content (AvgIpc) is 3.28. The Bertz CT molecular complexity index is 785. The minimum absolute atomic E-state index is 0.0470. The second-order valence-electron chi connectivity index (χ2n) is 4.90. The van der Waals surface area contributed by atoms with E-state index in [9.17, 15) is 12.8 Å². The summed E-state index contributed by atoms with van der Waals surface area (Å²) >= 11 is 5.68. The van der Waals surface area contributed by atoms with Crippen molar-refractivity contribution in [2.75, 3.05) is 0 Å². The van der Waals surface area contributed by atoms with Gasteiger partial charge in [0.2, 0.25) is 0 Å². The summed E-state index contributed by atoms with van der Waals surface area (Å²) in [7, 11) is -3.26. The zero-order valence-corrected chi connectivity index (χ0v) is 12.5. The summed E-state index contributed by atoms with van der Waals surface area (Å²) in [4.78, 5) is 0.246. The quantitative estimate of drug-likeness (QED) is 0.845. The highest BCUT2D eigenvalue weighted by Crippen LogP contribution is 2.35. The Balaban J connectivity index is 1.88. The van der Waals surface area contributed by atoms with E-state index in [1.165, 1.54) is 24.3 Å². The van der Waals surface area contributed by atoms with E-state index in [0.29, 0.717) is 24.3 Å². The average molecular weight is 327 g/mol. The normalized spacial score (nSPS) is 15.0. The molecule has 2 aromatic carbocycles. The summed E-state index contributed by atoms with van der Waals surface area (Å²) in [6, 6.07) is 10.3. The van der Waals surface area contributed by atoms with Gasteiger partial charge in [0.1, 0.15) is 17.3 Å². The highest BCUT2D eigenvalue weighted by molar-refractivity contribution is 7.92. The van der Waals surface area contributed by atoms with Crippen molar-refractivity contribution in [2.24, 2.45) is 0 Å². The van der Waals surface area contributed by atoms with Crippen molar-refractivity contribution >= 4 is 21.4 Å². The Hall–Kier alpha value is -1.59. The standard InChI is InChI=1S/C15H12ClFO3S/c16-14-9-11(4-7-15(14)17)20-10-2-1-3-13(8-10)21(18,19)12-5-6-12/h1-4,7-9,12H,5-6H2. The highest BCUT2D eigenvalue weighted by Gasteiger charge is 2.36. The maximum absolute atomic E-state index is 13.1. The third kappa shape index (κ3) is 3.04. The molecular weight excluding hydrogens is 315 g/mol. The van der Waals surface area contributed by atoms with Crippen LogP contribution in [0, 0.1) is 5.82 Å². The lowest BCUT2D eigenvalue weighted by atomic mass is 10.3. The van der Waals surface area contributed by atoms with Gasteiger partial charge in [0.25, 0.3) is 0 Å². The first-order valence-corrected chi connectivity index (χ1v) is 8.36. The van der Waals surface area contributed by atoms with E-state index in [0.717, 1.165) is 0 Å². The predicted molar refractivity (Wildman–Crippen MR) is 78.1 cm³/mol. The van der Waals surface area contributed by atoms with Gasteiger partial charge in [-0.05, 0) is 43.2 Å². The van der Waals surface area contributed by atoms with Crippen LogP contribution in [0.25, 0.3) is 0 Å². The largest absolute Gasteiger partial charge is 0.457 e. The van der Waals surface area contributed by atoms with Gasteiger partial charge in [-0.2, -0.15) is 0 Å². The van der Waals surface area contributed by atoms with E-state index >= 15 is 0 Å². The van der Waals surface area contributed by atoms with Crippen LogP contribution in [0.3, 0.4) is 0 Å². The molecule has 3 nitrogen and oxygen atoms in total. The van der Waals surface area contributed by atoms with Gasteiger partial charge in [-0.15, -0.1) is 0 Å². The van der Waals surface area contributed by atoms with Crippen LogP contribution in [0.15, 0.2) is 47.4 Å². The summed E-state index contributed by atoms with van der Waals surface area (Å²) in [6.07, 6.45) is 1.42. The van der Waals surface area contributed by atoms with Crippen molar-refractivity contribution in [3.63, 3.8) is 0 Å². The maximum atomic E-state index is 13.1. The van der Waals surface area contributed by atoms with Gasteiger partial charge in [0.05, 0.1) is 15.2 Å². The lowest BCUT2D eigenvalue weighted by molar-refractivity contribution is 0.478. The molecule has 0 spiro atoms. The third-order valence-corrected chi connectivity index (χ3v) is 5.77. The van der Waals surface area contributed by atoms with Crippen molar-refractivity contribution < 1.29 is 17.5 Å². The summed E-state index contributed by atoms with van der Waals surface area (Å²) in [5, 5.41) is -0.317. The number of hydrogen-bond donors (Lipinski definition) is 0. The second kappa shape index (κ2) is 5.31. The second-order valence-corrected chi connectivity index (χ2v) is 7.53. The molecule has 3 rings (SSSR count). The fraction of sp³-hybridized carbons (Fsp3) is 0.200. The zero-order chi connectivity index (χ0) is 15.0. The Labute approximate surface area is 127 Å². The smallest absolute Gasteiger partial charge is 0.181 e. The predicted octanol–water partition coefficient (Wildman–Crippen LogP) is 4.21. The van der Waals surface area contributed by atoms with Gasteiger partial charge < -0.3 is 4.74 Å². The van der Waals surface area contributed by atoms with Crippen LogP contribution >= 0.6 is 11.6 Å². The summed E-state index contributed by atoms with van der Waals surface area (Å²) < 4.78 is 43.0. The van der Waals surface area contributed by atoms with Crippen molar-refractivity contribution in [3.05, 3.63) is 53.3 Å². The first kappa shape index (κ1) is 14.4. The van der Waals surface area contributed by atoms with Crippen LogP contribution in [0.5, 0.6) is 11.5 Å². The van der Waals surface area contributed by atoms with E-state index in [-0.39, 0.29) is 15.2 Å². The van der Waals surface area contributed by atoms with Gasteiger partial charge >= 0.3 is 0 Å². The number of hydrogen-bond acceptors (Lipinski definition) is 3. The summed E-state index contributed by atoms with van der Waals surface area (Å²) in [6.45, 7) is 0. The zero-order valence-electron chi connectivity index (χ0n) is 10.9. The number of halogens is 2. The SMILES string of the molecule is O=S(=O)(c1cccc(Oc2ccc(F)c(Cl)c2)c1)C1CC1. The lowest BCUT2D eigenvalue weighted by Gasteiger charge is -2.08. The van der Waals surface area contributed by atoms with Gasteiger partial charge in [0, 0.05) is 6.07 Å². The van der Waals surface area contributed by atoms with Crippen LogP contribution in [0.4, 0.5) is 4.39 Å². The molecule has 0 aromatic heterocycles. The van der Waals surface area contributed by atoms with Gasteiger partial charge in [-0.3, -0.25) is 0 Å². The monoisotopic (exact) mass is 326 g/mol. The van der Waals surface area contributed by atoms with Gasteiger partial charge in [0.15, 0.2) is 9.84 Å². The first-order chi connectivity index (χ1) is 9.96. The Morgan fingerprint density at radius 3 is 2.48 bits per heavy atom. The molecule has 1 aliphatic carbocycles. The molecular formula is C15H12ClFO3S. The number of benzene rings is 2. The molecule has 1 saturated carbocycles. The summed E-state index contributed by atoms with van der Waals surface area (Å²) in [5.41, 5.74) is 0. The number of rotatable bonds is 4. The molecule has 6 heteroatoms. The van der Waals surface area contributed by atoms with E-state index < -0.39 is 15.7 Å². The minimum Gasteiger partial charge on any atom is -0.457 e. The maximum Gasteiger partial charge on any atom is 0.181 e. The van der Waals surface area contributed by atoms with E-state index in [1.54, 1.807) is 18.2 Å². The third-order valence-electron chi connectivity index (χ3n) is 3.22. The fourth-order valence-electron chi connectivity index (χ4n) is 1.96. The minimum atomic E-state index is -3.26. The lowest BCUT2D eigenvalue weighted by Crippen LogP contribution is -2.06. The van der Waals surface area contributed by atoms with Crippen molar-refractivity contribution in [1.82, 2.24) is 0 Å². The molecule has 1 fully saturated rings. The molecule has 0 unspecified atom stereocenters. The number of sulfone groups is 1. The topological polar surface area (TPSA) is 43.4 Å². The Morgan fingerprint density at radius 2 is 1.81 bits per heavy atom. The molecule has 0 aliphatic heterocycles. The molecule has 0 atom stereocenters. The van der Waals surface area contributed by atoms with Crippen LogP contribution < -0.4 is 4.74 Å². The van der Waals surface area contributed by atoms with Crippen LogP contribution in [-0.2, 0) is 9.84 Å². The van der Waals surface area contributed by atoms with Crippen molar-refractivity contribution in [2.45, 2.75) is 23.0 Å².